The minimum absolute atomic E-state index is 0.139. The van der Waals surface area contributed by atoms with Gasteiger partial charge >= 0.3 is 0 Å². The number of aliphatic imine (C=N–C) groups is 2. The summed E-state index contributed by atoms with van der Waals surface area (Å²) in [6.07, 6.45) is 4.81. The highest BCUT2D eigenvalue weighted by atomic mass is 19.1. The van der Waals surface area contributed by atoms with Crippen LogP contribution >= 0.6 is 0 Å². The molecule has 10 heteroatoms. The molecule has 1 saturated heterocycles. The maximum atomic E-state index is 13.2. The van der Waals surface area contributed by atoms with Crippen LogP contribution in [0.25, 0.3) is 0 Å². The molecule has 3 rings (SSSR count). The Hall–Kier alpha value is -3.50. The molecule has 180 valence electrons. The van der Waals surface area contributed by atoms with Gasteiger partial charge in [-0.15, -0.1) is 0 Å². The van der Waals surface area contributed by atoms with E-state index in [4.69, 9.17) is 9.47 Å². The molecule has 1 aliphatic heterocycles. The van der Waals surface area contributed by atoms with Gasteiger partial charge in [0.15, 0.2) is 17.4 Å². The van der Waals surface area contributed by atoms with Crippen molar-refractivity contribution in [3.8, 4) is 5.75 Å². The van der Waals surface area contributed by atoms with Gasteiger partial charge in [-0.2, -0.15) is 0 Å². The molecule has 1 N–H and O–H groups in total. The number of halogens is 1. The van der Waals surface area contributed by atoms with E-state index in [-0.39, 0.29) is 30.5 Å². The SMILES string of the molecule is C=N/C(=N\C=C(/C)CC(=O)NCc1cccc(F)c1)c1ncc(OCCN2CCOCC2)cn1. The number of morpholine rings is 1. The average molecular weight is 469 g/mol. The normalized spacial score (nSPS) is 15.1. The highest BCUT2D eigenvalue weighted by Crippen LogP contribution is 2.09. The molecule has 0 bridgehead atoms. The van der Waals surface area contributed by atoms with Crippen LogP contribution in [0.4, 0.5) is 4.39 Å². The standard InChI is InChI=1S/C24H29FN6O3/c1-18(12-22(32)27-15-19-4-3-5-20(25)13-19)14-28-23(26-2)24-29-16-21(17-30-24)34-11-8-31-6-9-33-10-7-31/h3-5,13-14,16-17H,2,6-12,15H2,1H3,(H,27,32)/b18-14+,28-23-. The van der Waals surface area contributed by atoms with Gasteiger partial charge in [0.1, 0.15) is 12.4 Å². The third kappa shape index (κ3) is 8.45. The van der Waals surface area contributed by atoms with Crippen molar-refractivity contribution in [2.24, 2.45) is 9.98 Å². The molecule has 9 nitrogen and oxygen atoms in total. The number of amides is 1. The number of hydrogen-bond donors (Lipinski definition) is 1. The van der Waals surface area contributed by atoms with Gasteiger partial charge in [0, 0.05) is 38.8 Å². The van der Waals surface area contributed by atoms with Gasteiger partial charge in [0.2, 0.25) is 5.91 Å². The highest BCUT2D eigenvalue weighted by Gasteiger charge is 2.10. The molecule has 1 amide bonds. The lowest BCUT2D eigenvalue weighted by Gasteiger charge is -2.26. The summed E-state index contributed by atoms with van der Waals surface area (Å²) in [4.78, 5) is 31.1. The van der Waals surface area contributed by atoms with Crippen LogP contribution in [0.15, 0.2) is 58.4 Å². The van der Waals surface area contributed by atoms with E-state index in [9.17, 15) is 9.18 Å². The molecule has 34 heavy (non-hydrogen) atoms. The number of aromatic nitrogens is 2. The molecule has 0 atom stereocenters. The first-order chi connectivity index (χ1) is 16.5. The lowest BCUT2D eigenvalue weighted by atomic mass is 10.2. The van der Waals surface area contributed by atoms with Crippen LogP contribution in [0.3, 0.4) is 0 Å². The number of amidine groups is 1. The van der Waals surface area contributed by atoms with E-state index >= 15 is 0 Å². The molecule has 1 aromatic carbocycles. The summed E-state index contributed by atoms with van der Waals surface area (Å²) in [6, 6.07) is 6.10. The summed E-state index contributed by atoms with van der Waals surface area (Å²) in [5.74, 6) is 0.559. The summed E-state index contributed by atoms with van der Waals surface area (Å²) in [7, 11) is 0. The van der Waals surface area contributed by atoms with Crippen molar-refractivity contribution in [1.29, 1.82) is 0 Å². The smallest absolute Gasteiger partial charge is 0.224 e. The van der Waals surface area contributed by atoms with E-state index in [0.717, 1.165) is 32.8 Å². The van der Waals surface area contributed by atoms with Crippen LogP contribution in [0.5, 0.6) is 5.75 Å². The second kappa shape index (κ2) is 13.3. The van der Waals surface area contributed by atoms with E-state index in [2.05, 4.69) is 36.9 Å². The maximum Gasteiger partial charge on any atom is 0.224 e. The molecule has 0 unspecified atom stereocenters. The van der Waals surface area contributed by atoms with Crippen LogP contribution in [0, 0.1) is 5.82 Å². The number of rotatable bonds is 10. The summed E-state index contributed by atoms with van der Waals surface area (Å²) < 4.78 is 24.3. The Labute approximate surface area is 198 Å². The zero-order chi connectivity index (χ0) is 24.2. The van der Waals surface area contributed by atoms with Gasteiger partial charge < -0.3 is 14.8 Å². The molecule has 1 aromatic heterocycles. The first-order valence-corrected chi connectivity index (χ1v) is 11.0. The van der Waals surface area contributed by atoms with Crippen LogP contribution in [0.1, 0.15) is 24.7 Å². The summed E-state index contributed by atoms with van der Waals surface area (Å²) in [5.41, 5.74) is 1.40. The minimum atomic E-state index is -0.337. The number of benzene rings is 1. The van der Waals surface area contributed by atoms with Gasteiger partial charge in [-0.3, -0.25) is 9.69 Å². The van der Waals surface area contributed by atoms with E-state index in [1.165, 1.54) is 18.3 Å². The Bertz CT molecular complexity index is 1020. The van der Waals surface area contributed by atoms with Crippen molar-refractivity contribution in [3.05, 3.63) is 65.6 Å². The van der Waals surface area contributed by atoms with E-state index in [1.54, 1.807) is 31.5 Å². The van der Waals surface area contributed by atoms with Gasteiger partial charge in [-0.25, -0.2) is 24.3 Å². The molecule has 0 spiro atoms. The zero-order valence-electron chi connectivity index (χ0n) is 19.2. The number of ether oxygens (including phenoxy) is 2. The molecule has 0 aliphatic carbocycles. The van der Waals surface area contributed by atoms with Crippen LogP contribution in [0.2, 0.25) is 0 Å². The van der Waals surface area contributed by atoms with Crippen LogP contribution in [-0.4, -0.2) is 72.8 Å². The molecule has 1 aliphatic rings. The number of carbonyl (C=O) groups is 1. The summed E-state index contributed by atoms with van der Waals surface area (Å²) >= 11 is 0. The first-order valence-electron chi connectivity index (χ1n) is 11.0. The minimum Gasteiger partial charge on any atom is -0.489 e. The van der Waals surface area contributed by atoms with Gasteiger partial charge in [-0.1, -0.05) is 12.1 Å². The number of hydrogen-bond acceptors (Lipinski definition) is 7. The second-order valence-electron chi connectivity index (χ2n) is 7.71. The predicted molar refractivity (Wildman–Crippen MR) is 127 cm³/mol. The van der Waals surface area contributed by atoms with Crippen molar-refractivity contribution in [3.63, 3.8) is 0 Å². The molecule has 1 fully saturated rings. The molecular weight excluding hydrogens is 439 g/mol. The van der Waals surface area contributed by atoms with E-state index < -0.39 is 0 Å². The Morgan fingerprint density at radius 3 is 2.79 bits per heavy atom. The fraction of sp³-hybridized carbons (Fsp3) is 0.375. The quantitative estimate of drug-likeness (QED) is 0.424. The first kappa shape index (κ1) is 25.1. The van der Waals surface area contributed by atoms with Crippen molar-refractivity contribution >= 4 is 18.5 Å². The zero-order valence-corrected chi connectivity index (χ0v) is 19.2. The number of carbonyl (C=O) groups excluding carboxylic acids is 1. The fourth-order valence-corrected chi connectivity index (χ4v) is 3.17. The van der Waals surface area contributed by atoms with E-state index in [0.29, 0.717) is 29.3 Å². The molecule has 0 radical (unpaired) electrons. The number of nitrogens with one attached hydrogen (secondary N) is 1. The van der Waals surface area contributed by atoms with Crippen molar-refractivity contribution in [2.45, 2.75) is 19.9 Å². The van der Waals surface area contributed by atoms with Crippen molar-refractivity contribution in [1.82, 2.24) is 20.2 Å². The second-order valence-corrected chi connectivity index (χ2v) is 7.71. The lowest BCUT2D eigenvalue weighted by molar-refractivity contribution is -0.120. The highest BCUT2D eigenvalue weighted by molar-refractivity contribution is 5.98. The van der Waals surface area contributed by atoms with E-state index in [1.807, 2.05) is 0 Å². The topological polar surface area (TPSA) is 101 Å². The van der Waals surface area contributed by atoms with Gasteiger partial charge in [0.05, 0.1) is 25.6 Å². The molecule has 2 aromatic rings. The molecule has 0 saturated carbocycles. The van der Waals surface area contributed by atoms with Crippen LogP contribution in [-0.2, 0) is 16.1 Å². The Morgan fingerprint density at radius 2 is 2.09 bits per heavy atom. The lowest BCUT2D eigenvalue weighted by Crippen LogP contribution is -2.38. The van der Waals surface area contributed by atoms with Gasteiger partial charge in [0.25, 0.3) is 0 Å². The van der Waals surface area contributed by atoms with Crippen LogP contribution < -0.4 is 10.1 Å². The Morgan fingerprint density at radius 1 is 1.32 bits per heavy atom. The average Bonchev–Trinajstić information content (AvgIpc) is 2.85. The van der Waals surface area contributed by atoms with Crippen molar-refractivity contribution < 1.29 is 18.7 Å². The largest absolute Gasteiger partial charge is 0.489 e. The fourth-order valence-electron chi connectivity index (χ4n) is 3.17. The monoisotopic (exact) mass is 468 g/mol. The predicted octanol–water partition coefficient (Wildman–Crippen LogP) is 2.38. The third-order valence-corrected chi connectivity index (χ3v) is 4.98. The summed E-state index contributed by atoms with van der Waals surface area (Å²) in [6.45, 7) is 10.2. The maximum absolute atomic E-state index is 13.2. The molecule has 2 heterocycles. The third-order valence-electron chi connectivity index (χ3n) is 4.98. The Kier molecular flexibility index (Phi) is 9.80. The summed E-state index contributed by atoms with van der Waals surface area (Å²) in [5, 5.41) is 2.76. The van der Waals surface area contributed by atoms with Gasteiger partial charge in [-0.05, 0) is 36.9 Å². The number of nitrogens with zero attached hydrogens (tertiary/aromatic N) is 5. The molecular formula is C24H29FN6O3. The Balaban J connectivity index is 1.47. The van der Waals surface area contributed by atoms with Crippen molar-refractivity contribution in [2.75, 3.05) is 39.5 Å².